The predicted octanol–water partition coefficient (Wildman–Crippen LogP) is 2.32. The van der Waals surface area contributed by atoms with E-state index >= 15 is 0 Å². The molecular formula is C6H3ClFOZr. The molecule has 10 heavy (non-hydrogen) atoms. The van der Waals surface area contributed by atoms with Crippen molar-refractivity contribution in [1.29, 1.82) is 0 Å². The van der Waals surface area contributed by atoms with Gasteiger partial charge < -0.3 is 0 Å². The number of halogens is 2. The van der Waals surface area contributed by atoms with Crippen molar-refractivity contribution in [1.82, 2.24) is 0 Å². The second kappa shape index (κ2) is 3.50. The molecule has 4 heteroatoms. The molecule has 0 saturated carbocycles. The van der Waals surface area contributed by atoms with E-state index in [0.717, 1.165) is 25.2 Å². The Balaban J connectivity index is 3.07. The molecule has 0 heterocycles. The van der Waals surface area contributed by atoms with Crippen LogP contribution in [0.1, 0.15) is 0 Å². The summed E-state index contributed by atoms with van der Waals surface area (Å²) in [6, 6.07) is 4.04. The Morgan fingerprint density at radius 1 is 1.50 bits per heavy atom. The van der Waals surface area contributed by atoms with Gasteiger partial charge in [0.2, 0.25) is 0 Å². The fraction of sp³-hybridized carbons (Fsp3) is 0. The summed E-state index contributed by atoms with van der Waals surface area (Å²) in [6.45, 7) is 0. The zero-order valence-corrected chi connectivity index (χ0v) is 8.11. The van der Waals surface area contributed by atoms with Gasteiger partial charge in [-0.05, 0) is 0 Å². The molecule has 0 fully saturated rings. The van der Waals surface area contributed by atoms with Gasteiger partial charge in [-0.3, -0.25) is 0 Å². The number of hydrogen-bond donors (Lipinski definition) is 0. The van der Waals surface area contributed by atoms with Crippen LogP contribution in [0, 0.1) is 5.82 Å². The topological polar surface area (TPSA) is 9.23 Å². The normalized spacial score (nSPS) is 9.30. The second-order valence-electron chi connectivity index (χ2n) is 1.68. The third kappa shape index (κ3) is 1.80. The molecular weight excluding hydrogens is 234 g/mol. The molecule has 0 saturated heterocycles. The molecule has 0 unspecified atom stereocenters. The monoisotopic (exact) mass is 235 g/mol. The van der Waals surface area contributed by atoms with Gasteiger partial charge in [0.25, 0.3) is 0 Å². The Kier molecular flexibility index (Phi) is 2.87. The van der Waals surface area contributed by atoms with Crippen LogP contribution in [0.15, 0.2) is 18.2 Å². The van der Waals surface area contributed by atoms with Crippen LogP contribution in [0.4, 0.5) is 4.39 Å². The standard InChI is InChI=1S/C6H4ClFO.Zr/c7-5-3-4(8)1-2-6(5)9;/h1-3,9H;/q;+1/p-1. The van der Waals surface area contributed by atoms with Crippen LogP contribution >= 0.6 is 11.6 Å². The molecule has 51 valence electrons. The number of benzene rings is 1. The predicted molar refractivity (Wildman–Crippen MR) is 32.0 cm³/mol. The zero-order chi connectivity index (χ0) is 7.56. The van der Waals surface area contributed by atoms with Gasteiger partial charge in [-0.1, -0.05) is 0 Å². The van der Waals surface area contributed by atoms with Gasteiger partial charge in [0.1, 0.15) is 0 Å². The van der Waals surface area contributed by atoms with Crippen LogP contribution < -0.4 is 2.81 Å². The molecule has 0 aromatic heterocycles. The molecule has 0 aliphatic carbocycles. The first-order chi connectivity index (χ1) is 4.74. The van der Waals surface area contributed by atoms with E-state index in [9.17, 15) is 4.39 Å². The summed E-state index contributed by atoms with van der Waals surface area (Å²) in [5.74, 6) is 0.183. The first-order valence-electron chi connectivity index (χ1n) is 2.52. The third-order valence-corrected chi connectivity index (χ3v) is 1.84. The molecule has 0 radical (unpaired) electrons. The average Bonchev–Trinajstić information content (AvgIpc) is 1.88. The van der Waals surface area contributed by atoms with E-state index in [2.05, 4.69) is 0 Å². The number of hydrogen-bond acceptors (Lipinski definition) is 1. The maximum atomic E-state index is 12.4. The molecule has 1 aromatic rings. The van der Waals surface area contributed by atoms with Crippen molar-refractivity contribution < 1.29 is 32.4 Å². The molecule has 1 aromatic carbocycles. The molecule has 1 rings (SSSR count). The van der Waals surface area contributed by atoms with E-state index in [4.69, 9.17) is 14.4 Å². The fourth-order valence-electron chi connectivity index (χ4n) is 0.558. The zero-order valence-electron chi connectivity index (χ0n) is 4.90. The Morgan fingerprint density at radius 3 is 2.70 bits per heavy atom. The van der Waals surface area contributed by atoms with Crippen LogP contribution in [0.25, 0.3) is 0 Å². The van der Waals surface area contributed by atoms with Crippen LogP contribution in [0.3, 0.4) is 0 Å². The van der Waals surface area contributed by atoms with E-state index in [1.807, 2.05) is 0 Å². The van der Waals surface area contributed by atoms with E-state index in [1.165, 1.54) is 18.2 Å². The van der Waals surface area contributed by atoms with Gasteiger partial charge in [-0.15, -0.1) is 0 Å². The van der Waals surface area contributed by atoms with Crippen molar-refractivity contribution in [2.75, 3.05) is 0 Å². The van der Waals surface area contributed by atoms with E-state index in [-0.39, 0.29) is 5.82 Å². The molecule has 0 bridgehead atoms. The summed E-state index contributed by atoms with van der Waals surface area (Å²) in [5.41, 5.74) is 0. The Hall–Kier alpha value is 0.123. The van der Waals surface area contributed by atoms with Crippen LogP contribution in [0.5, 0.6) is 5.75 Å². The van der Waals surface area contributed by atoms with Crippen molar-refractivity contribution in [3.05, 3.63) is 29.0 Å². The van der Waals surface area contributed by atoms with Crippen molar-refractivity contribution in [3.8, 4) is 5.75 Å². The summed E-state index contributed by atoms with van der Waals surface area (Å²) in [5, 5.41) is 0.316. The quantitative estimate of drug-likeness (QED) is 0.727. The van der Waals surface area contributed by atoms with E-state index < -0.39 is 0 Å². The van der Waals surface area contributed by atoms with Crippen LogP contribution in [-0.4, -0.2) is 0 Å². The van der Waals surface area contributed by atoms with Gasteiger partial charge in [0.15, 0.2) is 0 Å². The molecule has 0 N–H and O–H groups in total. The summed E-state index contributed by atoms with van der Waals surface area (Å²) in [7, 11) is 0. The fourth-order valence-corrected chi connectivity index (χ4v) is 1.36. The van der Waals surface area contributed by atoms with Crippen molar-refractivity contribution in [3.63, 3.8) is 0 Å². The Bertz CT molecular complexity index is 241. The molecule has 0 spiro atoms. The van der Waals surface area contributed by atoms with E-state index in [0.29, 0.717) is 10.8 Å². The van der Waals surface area contributed by atoms with Crippen molar-refractivity contribution in [2.45, 2.75) is 0 Å². The van der Waals surface area contributed by atoms with Gasteiger partial charge >= 0.3 is 78.8 Å². The first-order valence-corrected chi connectivity index (χ1v) is 3.91. The van der Waals surface area contributed by atoms with Crippen molar-refractivity contribution in [2.24, 2.45) is 0 Å². The van der Waals surface area contributed by atoms with E-state index in [1.54, 1.807) is 0 Å². The summed E-state index contributed by atoms with van der Waals surface area (Å²) in [4.78, 5) is 0. The van der Waals surface area contributed by atoms with Gasteiger partial charge in [-0.25, -0.2) is 0 Å². The third-order valence-electron chi connectivity index (χ3n) is 1.00. The molecule has 0 aliphatic heterocycles. The number of rotatable bonds is 1. The SMILES string of the molecule is Fc1ccc([O][Zr])c(Cl)c1. The molecule has 0 amide bonds. The summed E-state index contributed by atoms with van der Waals surface area (Å²) in [6.07, 6.45) is 0. The van der Waals surface area contributed by atoms with Crippen LogP contribution in [0.2, 0.25) is 5.02 Å². The second-order valence-corrected chi connectivity index (χ2v) is 2.59. The van der Waals surface area contributed by atoms with Gasteiger partial charge in [0.05, 0.1) is 0 Å². The summed E-state index contributed by atoms with van der Waals surface area (Å²) >= 11 is 6.47. The van der Waals surface area contributed by atoms with Crippen LogP contribution in [-0.2, 0) is 25.2 Å². The van der Waals surface area contributed by atoms with Gasteiger partial charge in [0, 0.05) is 0 Å². The Labute approximate surface area is 78.6 Å². The minimum absolute atomic E-state index is 0.316. The molecule has 0 atom stereocenters. The molecule has 1 nitrogen and oxygen atoms in total. The molecule has 0 aliphatic rings. The Morgan fingerprint density at radius 2 is 2.20 bits per heavy atom. The van der Waals surface area contributed by atoms with Gasteiger partial charge in [-0.2, -0.15) is 0 Å². The maximum absolute atomic E-state index is 12.4. The minimum atomic E-state index is -0.346. The summed E-state index contributed by atoms with van der Waals surface area (Å²) < 4.78 is 17.2. The van der Waals surface area contributed by atoms with Crippen molar-refractivity contribution >= 4 is 11.6 Å². The first kappa shape index (κ1) is 8.22. The average molecular weight is 237 g/mol.